The Morgan fingerprint density at radius 1 is 1.03 bits per heavy atom. The van der Waals surface area contributed by atoms with Crippen molar-refractivity contribution in [1.29, 1.82) is 0 Å². The number of alkyl halides is 3. The molecule has 36 heavy (non-hydrogen) atoms. The molecule has 5 rings (SSSR count). The molecule has 1 aliphatic rings. The number of rotatable bonds is 6. The first-order valence-electron chi connectivity index (χ1n) is 11.1. The lowest BCUT2D eigenvalue weighted by Gasteiger charge is -2.18. The molecule has 0 fully saturated rings. The number of aromatic nitrogens is 2. The second kappa shape index (κ2) is 8.71. The van der Waals surface area contributed by atoms with Crippen molar-refractivity contribution in [3.8, 4) is 11.4 Å². The highest BCUT2D eigenvalue weighted by atomic mass is 19.4. The van der Waals surface area contributed by atoms with E-state index < -0.39 is 23.4 Å². The molecular formula is C26H20F3N3O4. The van der Waals surface area contributed by atoms with Crippen molar-refractivity contribution < 1.29 is 32.2 Å². The molecule has 0 spiro atoms. The third-order valence-electron chi connectivity index (χ3n) is 6.02. The fourth-order valence-electron chi connectivity index (χ4n) is 4.45. The zero-order valence-electron chi connectivity index (χ0n) is 19.3. The molecule has 1 aliphatic heterocycles. The van der Waals surface area contributed by atoms with Gasteiger partial charge in [-0.2, -0.15) is 18.3 Å². The van der Waals surface area contributed by atoms with E-state index in [4.69, 9.17) is 9.47 Å². The highest BCUT2D eigenvalue weighted by Crippen LogP contribution is 2.42. The summed E-state index contributed by atoms with van der Waals surface area (Å²) in [4.78, 5) is 27.1. The minimum Gasteiger partial charge on any atom is -0.497 e. The van der Waals surface area contributed by atoms with Crippen LogP contribution in [0.15, 0.2) is 60.8 Å². The molecule has 3 aromatic carbocycles. The summed E-state index contributed by atoms with van der Waals surface area (Å²) in [7, 11) is 1.56. The highest BCUT2D eigenvalue weighted by Gasteiger charge is 2.42. The lowest BCUT2D eigenvalue weighted by atomic mass is 10.0. The van der Waals surface area contributed by atoms with E-state index in [1.165, 1.54) is 19.1 Å². The molecule has 0 N–H and O–H groups in total. The van der Waals surface area contributed by atoms with Gasteiger partial charge in [-0.25, -0.2) is 9.48 Å². The minimum absolute atomic E-state index is 0.0750. The molecule has 0 atom stereocenters. The van der Waals surface area contributed by atoms with E-state index >= 15 is 0 Å². The Balaban J connectivity index is 1.63. The van der Waals surface area contributed by atoms with E-state index in [9.17, 15) is 22.8 Å². The molecule has 10 heteroatoms. The zero-order chi connectivity index (χ0) is 25.6. The Labute approximate surface area is 203 Å². The van der Waals surface area contributed by atoms with Crippen LogP contribution in [0.4, 0.5) is 18.9 Å². The van der Waals surface area contributed by atoms with Crippen molar-refractivity contribution >= 4 is 28.3 Å². The van der Waals surface area contributed by atoms with Gasteiger partial charge in [-0.15, -0.1) is 0 Å². The number of esters is 1. The van der Waals surface area contributed by atoms with Gasteiger partial charge < -0.3 is 14.4 Å². The average molecular weight is 495 g/mol. The van der Waals surface area contributed by atoms with Crippen LogP contribution in [0.5, 0.6) is 5.75 Å². The third-order valence-corrected chi connectivity index (χ3v) is 6.02. The SMILES string of the molecule is CCOC(=O)c1cnn(-c2ccc3c4c(cccc24)N(Cc2ccc(OC)cc2)C3=O)c1C(F)(F)F. The molecule has 1 aromatic heterocycles. The monoisotopic (exact) mass is 495 g/mol. The van der Waals surface area contributed by atoms with Crippen molar-refractivity contribution in [2.24, 2.45) is 0 Å². The largest absolute Gasteiger partial charge is 0.497 e. The van der Waals surface area contributed by atoms with Crippen LogP contribution in [0.3, 0.4) is 0 Å². The molecule has 1 amide bonds. The van der Waals surface area contributed by atoms with Crippen molar-refractivity contribution in [2.75, 3.05) is 18.6 Å². The second-order valence-electron chi connectivity index (χ2n) is 8.11. The molecule has 0 aliphatic carbocycles. The number of benzene rings is 3. The topological polar surface area (TPSA) is 73.7 Å². The summed E-state index contributed by atoms with van der Waals surface area (Å²) >= 11 is 0. The second-order valence-corrected chi connectivity index (χ2v) is 8.11. The predicted octanol–water partition coefficient (Wildman–Crippen LogP) is 5.39. The van der Waals surface area contributed by atoms with E-state index in [1.54, 1.807) is 42.3 Å². The zero-order valence-corrected chi connectivity index (χ0v) is 19.3. The summed E-state index contributed by atoms with van der Waals surface area (Å²) in [5.41, 5.74) is 0.00355. The summed E-state index contributed by atoms with van der Waals surface area (Å²) in [6.45, 7) is 1.70. The summed E-state index contributed by atoms with van der Waals surface area (Å²) in [5.74, 6) is -0.682. The van der Waals surface area contributed by atoms with Crippen LogP contribution in [-0.2, 0) is 17.5 Å². The van der Waals surface area contributed by atoms with Gasteiger partial charge in [0.1, 0.15) is 11.3 Å². The van der Waals surface area contributed by atoms with Gasteiger partial charge in [-0.1, -0.05) is 24.3 Å². The number of nitrogens with zero attached hydrogens (tertiary/aromatic N) is 3. The summed E-state index contributed by atoms with van der Waals surface area (Å²) < 4.78 is 52.9. The molecule has 0 bridgehead atoms. The van der Waals surface area contributed by atoms with Gasteiger partial charge in [-0.05, 0) is 42.8 Å². The van der Waals surface area contributed by atoms with Crippen molar-refractivity contribution in [3.05, 3.63) is 83.2 Å². The number of carbonyl (C=O) groups is 2. The fraction of sp³-hybridized carbons (Fsp3) is 0.192. The number of hydrogen-bond acceptors (Lipinski definition) is 5. The number of amides is 1. The van der Waals surface area contributed by atoms with E-state index in [1.807, 2.05) is 12.1 Å². The van der Waals surface area contributed by atoms with Gasteiger partial charge in [0.25, 0.3) is 5.91 Å². The highest BCUT2D eigenvalue weighted by molar-refractivity contribution is 6.26. The van der Waals surface area contributed by atoms with Gasteiger partial charge >= 0.3 is 12.1 Å². The van der Waals surface area contributed by atoms with Crippen LogP contribution in [0.2, 0.25) is 0 Å². The first-order chi connectivity index (χ1) is 17.2. The molecule has 184 valence electrons. The molecular weight excluding hydrogens is 475 g/mol. The summed E-state index contributed by atoms with van der Waals surface area (Å²) in [6.07, 6.45) is -4.03. The van der Waals surface area contributed by atoms with Crippen molar-refractivity contribution in [3.63, 3.8) is 0 Å². The Hall–Kier alpha value is -4.34. The molecule has 7 nitrogen and oxygen atoms in total. The average Bonchev–Trinajstić information content (AvgIpc) is 3.42. The quantitative estimate of drug-likeness (QED) is 0.336. The van der Waals surface area contributed by atoms with E-state index in [-0.39, 0.29) is 24.7 Å². The van der Waals surface area contributed by atoms with Crippen LogP contribution >= 0.6 is 0 Å². The van der Waals surface area contributed by atoms with E-state index in [0.29, 0.717) is 32.5 Å². The van der Waals surface area contributed by atoms with Crippen LogP contribution in [0, 0.1) is 0 Å². The van der Waals surface area contributed by atoms with Crippen LogP contribution in [-0.4, -0.2) is 35.4 Å². The first-order valence-corrected chi connectivity index (χ1v) is 11.1. The van der Waals surface area contributed by atoms with Gasteiger partial charge in [0.15, 0.2) is 5.69 Å². The van der Waals surface area contributed by atoms with Crippen LogP contribution < -0.4 is 9.64 Å². The molecule has 0 saturated heterocycles. The lowest BCUT2D eigenvalue weighted by molar-refractivity contribution is -0.143. The molecule has 4 aromatic rings. The Bertz CT molecular complexity index is 1490. The van der Waals surface area contributed by atoms with E-state index in [0.717, 1.165) is 11.8 Å². The Morgan fingerprint density at radius 2 is 1.78 bits per heavy atom. The number of anilines is 1. The number of methoxy groups -OCH3 is 1. The standard InChI is InChI=1S/C26H20F3N3O4/c1-3-36-25(34)19-13-30-32(23(19)26(27,28)29)20-12-11-18-22-17(20)5-4-6-21(22)31(24(18)33)14-15-7-9-16(35-2)10-8-15/h4-13H,3,14H2,1-2H3. The smallest absolute Gasteiger partial charge is 0.434 e. The molecule has 0 saturated carbocycles. The van der Waals surface area contributed by atoms with Crippen LogP contribution in [0.25, 0.3) is 16.5 Å². The Kier molecular flexibility index (Phi) is 5.66. The maximum absolute atomic E-state index is 14.1. The predicted molar refractivity (Wildman–Crippen MR) is 126 cm³/mol. The van der Waals surface area contributed by atoms with Crippen LogP contribution in [0.1, 0.15) is 38.9 Å². The van der Waals surface area contributed by atoms with Gasteiger partial charge in [0.2, 0.25) is 0 Å². The fourth-order valence-corrected chi connectivity index (χ4v) is 4.45. The van der Waals surface area contributed by atoms with Crippen molar-refractivity contribution in [1.82, 2.24) is 9.78 Å². The van der Waals surface area contributed by atoms with E-state index in [2.05, 4.69) is 5.10 Å². The van der Waals surface area contributed by atoms with Gasteiger partial charge in [0.05, 0.1) is 37.8 Å². The molecule has 0 radical (unpaired) electrons. The maximum Gasteiger partial charge on any atom is 0.434 e. The number of halogens is 3. The number of hydrogen-bond donors (Lipinski definition) is 0. The number of ether oxygens (including phenoxy) is 2. The molecule has 0 unspecified atom stereocenters. The lowest BCUT2D eigenvalue weighted by Crippen LogP contribution is -2.25. The number of carbonyl (C=O) groups excluding carboxylic acids is 2. The first kappa shape index (κ1) is 23.4. The van der Waals surface area contributed by atoms with Gasteiger partial charge in [-0.3, -0.25) is 4.79 Å². The van der Waals surface area contributed by atoms with Gasteiger partial charge in [0, 0.05) is 16.3 Å². The summed E-state index contributed by atoms with van der Waals surface area (Å²) in [6, 6.07) is 15.2. The molecule has 2 heterocycles. The van der Waals surface area contributed by atoms with Crippen molar-refractivity contribution in [2.45, 2.75) is 19.6 Å². The minimum atomic E-state index is -4.88. The maximum atomic E-state index is 14.1. The summed E-state index contributed by atoms with van der Waals surface area (Å²) in [5, 5.41) is 4.82. The normalized spacial score (nSPS) is 12.9. The Morgan fingerprint density at radius 3 is 2.44 bits per heavy atom. The third kappa shape index (κ3) is 3.74.